The SMILES string of the molecule is COc1ccccc1[C@@]1(C=O)CCN(C(=O)OC(C)(C)C)C1. The molecular weight excluding hydrogens is 282 g/mol. The Morgan fingerprint density at radius 3 is 2.59 bits per heavy atom. The van der Waals surface area contributed by atoms with Gasteiger partial charge in [-0.2, -0.15) is 0 Å². The number of carbonyl (C=O) groups is 2. The molecule has 2 rings (SSSR count). The summed E-state index contributed by atoms with van der Waals surface area (Å²) in [4.78, 5) is 25.6. The Kier molecular flexibility index (Phi) is 4.44. The fraction of sp³-hybridized carbons (Fsp3) is 0.529. The number of methoxy groups -OCH3 is 1. The molecule has 0 radical (unpaired) electrons. The number of rotatable bonds is 3. The summed E-state index contributed by atoms with van der Waals surface area (Å²) in [5, 5.41) is 0. The van der Waals surface area contributed by atoms with Crippen molar-refractivity contribution in [3.05, 3.63) is 29.8 Å². The van der Waals surface area contributed by atoms with Crippen LogP contribution in [0.2, 0.25) is 0 Å². The maximum Gasteiger partial charge on any atom is 0.410 e. The number of carbonyl (C=O) groups excluding carboxylic acids is 2. The molecule has 1 heterocycles. The van der Waals surface area contributed by atoms with Crippen molar-refractivity contribution in [3.63, 3.8) is 0 Å². The van der Waals surface area contributed by atoms with Crippen LogP contribution in [0.15, 0.2) is 24.3 Å². The third-order valence-electron chi connectivity index (χ3n) is 3.82. The van der Waals surface area contributed by atoms with Crippen molar-refractivity contribution in [3.8, 4) is 5.75 Å². The number of hydrogen-bond acceptors (Lipinski definition) is 4. The third kappa shape index (κ3) is 3.24. The van der Waals surface area contributed by atoms with E-state index in [1.54, 1.807) is 12.0 Å². The highest BCUT2D eigenvalue weighted by atomic mass is 16.6. The van der Waals surface area contributed by atoms with Crippen LogP contribution in [0.25, 0.3) is 0 Å². The lowest BCUT2D eigenvalue weighted by atomic mass is 9.80. The summed E-state index contributed by atoms with van der Waals surface area (Å²) < 4.78 is 10.8. The maximum atomic E-state index is 12.2. The van der Waals surface area contributed by atoms with Crippen molar-refractivity contribution < 1.29 is 19.1 Å². The standard InChI is InChI=1S/C17H23NO4/c1-16(2,3)22-15(20)18-10-9-17(11-18,12-19)13-7-5-6-8-14(13)21-4/h5-8,12H,9-11H2,1-4H3/t17-/m0/s1. The molecule has 1 saturated heterocycles. The second-order valence-electron chi connectivity index (χ2n) is 6.63. The number of amides is 1. The molecule has 0 spiro atoms. The van der Waals surface area contributed by atoms with Gasteiger partial charge in [-0.1, -0.05) is 18.2 Å². The van der Waals surface area contributed by atoms with E-state index in [0.717, 1.165) is 11.8 Å². The number of likely N-dealkylation sites (tertiary alicyclic amines) is 1. The molecule has 1 aliphatic rings. The van der Waals surface area contributed by atoms with Crippen LogP contribution < -0.4 is 4.74 Å². The first kappa shape index (κ1) is 16.3. The highest BCUT2D eigenvalue weighted by Gasteiger charge is 2.44. The molecule has 0 N–H and O–H groups in total. The fourth-order valence-electron chi connectivity index (χ4n) is 2.75. The van der Waals surface area contributed by atoms with Gasteiger partial charge in [0.1, 0.15) is 17.6 Å². The molecule has 0 bridgehead atoms. The van der Waals surface area contributed by atoms with E-state index in [4.69, 9.17) is 9.47 Å². The van der Waals surface area contributed by atoms with E-state index in [-0.39, 0.29) is 6.09 Å². The lowest BCUT2D eigenvalue weighted by molar-refractivity contribution is -0.112. The summed E-state index contributed by atoms with van der Waals surface area (Å²) in [5.74, 6) is 0.667. The van der Waals surface area contributed by atoms with Crippen LogP contribution in [0.1, 0.15) is 32.8 Å². The average molecular weight is 305 g/mol. The van der Waals surface area contributed by atoms with E-state index < -0.39 is 11.0 Å². The zero-order chi connectivity index (χ0) is 16.4. The molecule has 1 aromatic rings. The lowest BCUT2D eigenvalue weighted by Gasteiger charge is -2.27. The van der Waals surface area contributed by atoms with E-state index >= 15 is 0 Å². The van der Waals surface area contributed by atoms with Gasteiger partial charge in [-0.3, -0.25) is 0 Å². The third-order valence-corrected chi connectivity index (χ3v) is 3.82. The number of aldehydes is 1. The van der Waals surface area contributed by atoms with Crippen LogP contribution in [0.3, 0.4) is 0 Å². The van der Waals surface area contributed by atoms with Gasteiger partial charge in [-0.15, -0.1) is 0 Å². The summed E-state index contributed by atoms with van der Waals surface area (Å²) in [6, 6.07) is 7.45. The zero-order valence-electron chi connectivity index (χ0n) is 13.6. The smallest absolute Gasteiger partial charge is 0.410 e. The highest BCUT2D eigenvalue weighted by Crippen LogP contribution is 2.38. The molecule has 1 aliphatic heterocycles. The zero-order valence-corrected chi connectivity index (χ0v) is 13.6. The number of para-hydroxylation sites is 1. The van der Waals surface area contributed by atoms with Gasteiger partial charge in [-0.25, -0.2) is 4.79 Å². The Hall–Kier alpha value is -2.04. The van der Waals surface area contributed by atoms with E-state index in [2.05, 4.69) is 0 Å². The van der Waals surface area contributed by atoms with Gasteiger partial charge in [0.05, 0.1) is 12.5 Å². The molecule has 0 aromatic heterocycles. The Bertz CT molecular complexity index is 564. The molecule has 1 fully saturated rings. The lowest BCUT2D eigenvalue weighted by Crippen LogP contribution is -2.38. The van der Waals surface area contributed by atoms with Gasteiger partial charge in [0, 0.05) is 18.7 Å². The van der Waals surface area contributed by atoms with Crippen LogP contribution in [-0.4, -0.2) is 43.1 Å². The topological polar surface area (TPSA) is 55.8 Å². The minimum absolute atomic E-state index is 0.311. The molecule has 5 heteroatoms. The second-order valence-corrected chi connectivity index (χ2v) is 6.63. The summed E-state index contributed by atoms with van der Waals surface area (Å²) in [6.45, 7) is 6.29. The molecule has 1 amide bonds. The second kappa shape index (κ2) is 5.99. The van der Waals surface area contributed by atoms with Crippen molar-refractivity contribution in [1.82, 2.24) is 4.90 Å². The first-order chi connectivity index (χ1) is 10.3. The fourth-order valence-corrected chi connectivity index (χ4v) is 2.75. The van der Waals surface area contributed by atoms with Crippen LogP contribution in [0, 0.1) is 0 Å². The molecule has 5 nitrogen and oxygen atoms in total. The predicted octanol–water partition coefficient (Wildman–Crippen LogP) is 2.77. The molecular formula is C17H23NO4. The van der Waals surface area contributed by atoms with Crippen molar-refractivity contribution in [1.29, 1.82) is 0 Å². The average Bonchev–Trinajstić information content (AvgIpc) is 2.91. The van der Waals surface area contributed by atoms with Gasteiger partial charge in [0.25, 0.3) is 0 Å². The van der Waals surface area contributed by atoms with Crippen molar-refractivity contribution >= 4 is 12.4 Å². The number of ether oxygens (including phenoxy) is 2. The van der Waals surface area contributed by atoms with E-state index in [1.165, 1.54) is 0 Å². The molecule has 120 valence electrons. The Labute approximate surface area is 131 Å². The first-order valence-electron chi connectivity index (χ1n) is 7.39. The predicted molar refractivity (Wildman–Crippen MR) is 83.2 cm³/mol. The molecule has 0 unspecified atom stereocenters. The normalized spacial score (nSPS) is 21.5. The number of benzene rings is 1. The van der Waals surface area contributed by atoms with E-state index in [0.29, 0.717) is 25.3 Å². The van der Waals surface area contributed by atoms with Crippen LogP contribution in [-0.2, 0) is 14.9 Å². The number of nitrogens with zero attached hydrogens (tertiary/aromatic N) is 1. The summed E-state index contributed by atoms with van der Waals surface area (Å²) in [5.41, 5.74) is -0.462. The van der Waals surface area contributed by atoms with Gasteiger partial charge in [-0.05, 0) is 33.3 Å². The van der Waals surface area contributed by atoms with Gasteiger partial charge >= 0.3 is 6.09 Å². The largest absolute Gasteiger partial charge is 0.496 e. The Morgan fingerprint density at radius 2 is 2.00 bits per heavy atom. The highest BCUT2D eigenvalue weighted by molar-refractivity contribution is 5.76. The quantitative estimate of drug-likeness (QED) is 0.806. The molecule has 1 atom stereocenters. The van der Waals surface area contributed by atoms with Crippen LogP contribution >= 0.6 is 0 Å². The minimum atomic E-state index is -0.733. The summed E-state index contributed by atoms with van der Waals surface area (Å²) >= 11 is 0. The molecule has 0 saturated carbocycles. The molecule has 1 aromatic carbocycles. The van der Waals surface area contributed by atoms with Crippen LogP contribution in [0.4, 0.5) is 4.79 Å². The summed E-state index contributed by atoms with van der Waals surface area (Å²) in [7, 11) is 1.58. The minimum Gasteiger partial charge on any atom is -0.496 e. The van der Waals surface area contributed by atoms with Crippen molar-refractivity contribution in [2.45, 2.75) is 38.2 Å². The first-order valence-corrected chi connectivity index (χ1v) is 7.39. The molecule has 22 heavy (non-hydrogen) atoms. The maximum absolute atomic E-state index is 12.2. The van der Waals surface area contributed by atoms with Crippen LogP contribution in [0.5, 0.6) is 5.75 Å². The van der Waals surface area contributed by atoms with E-state index in [9.17, 15) is 9.59 Å². The number of hydrogen-bond donors (Lipinski definition) is 0. The van der Waals surface area contributed by atoms with E-state index in [1.807, 2.05) is 45.0 Å². The molecule has 0 aliphatic carbocycles. The Morgan fingerprint density at radius 1 is 1.32 bits per heavy atom. The van der Waals surface area contributed by atoms with Crippen molar-refractivity contribution in [2.75, 3.05) is 20.2 Å². The Balaban J connectivity index is 2.24. The van der Waals surface area contributed by atoms with Crippen molar-refractivity contribution in [2.24, 2.45) is 0 Å². The van der Waals surface area contributed by atoms with Gasteiger partial charge in [0.15, 0.2) is 0 Å². The monoisotopic (exact) mass is 305 g/mol. The van der Waals surface area contributed by atoms with Gasteiger partial charge in [0.2, 0.25) is 0 Å². The summed E-state index contributed by atoms with van der Waals surface area (Å²) in [6.07, 6.45) is 1.11. The van der Waals surface area contributed by atoms with Gasteiger partial charge < -0.3 is 19.2 Å².